The maximum Gasteiger partial charge on any atom is 0.314 e. The highest BCUT2D eigenvalue weighted by molar-refractivity contribution is 5.73. The first-order valence-corrected chi connectivity index (χ1v) is 6.15. The summed E-state index contributed by atoms with van der Waals surface area (Å²) < 4.78 is 1.69. The molecule has 1 unspecified atom stereocenters. The zero-order valence-corrected chi connectivity index (χ0v) is 10.9. The summed E-state index contributed by atoms with van der Waals surface area (Å²) in [6.45, 7) is 3.34. The van der Waals surface area contributed by atoms with E-state index in [-0.39, 0.29) is 18.4 Å². The average Bonchev–Trinajstić information content (AvgIpc) is 2.84. The second kappa shape index (κ2) is 8.06. The lowest BCUT2D eigenvalue weighted by Crippen LogP contribution is -2.38. The molecule has 1 aromatic heterocycles. The van der Waals surface area contributed by atoms with Gasteiger partial charge in [0.2, 0.25) is 0 Å². The van der Waals surface area contributed by atoms with Crippen LogP contribution in [-0.4, -0.2) is 45.2 Å². The normalized spacial score (nSPS) is 11.8. The number of aromatic nitrogens is 3. The second-order valence-corrected chi connectivity index (χ2v) is 4.36. The average molecular weight is 269 g/mol. The van der Waals surface area contributed by atoms with Crippen molar-refractivity contribution in [3.8, 4) is 0 Å². The lowest BCUT2D eigenvalue weighted by molar-refractivity contribution is -0.137. The van der Waals surface area contributed by atoms with Gasteiger partial charge in [-0.25, -0.2) is 4.79 Å². The standard InChI is InChI=1S/C11H19N5O3/c1-9(7-10(17)18)8-13-11(19)12-3-2-5-16-6-4-14-15-16/h4,6,9H,2-3,5,7-8H2,1H3,(H,17,18)(H2,12,13,19). The van der Waals surface area contributed by atoms with Gasteiger partial charge < -0.3 is 15.7 Å². The molecular weight excluding hydrogens is 250 g/mol. The molecule has 1 rings (SSSR count). The molecule has 0 saturated carbocycles. The number of nitrogens with one attached hydrogen (secondary N) is 2. The van der Waals surface area contributed by atoms with Crippen molar-refractivity contribution in [1.82, 2.24) is 25.6 Å². The minimum absolute atomic E-state index is 0.0482. The summed E-state index contributed by atoms with van der Waals surface area (Å²) in [6, 6.07) is -0.282. The van der Waals surface area contributed by atoms with Crippen molar-refractivity contribution < 1.29 is 14.7 Å². The van der Waals surface area contributed by atoms with Crippen LogP contribution in [0.5, 0.6) is 0 Å². The van der Waals surface area contributed by atoms with Crippen molar-refractivity contribution in [3.63, 3.8) is 0 Å². The van der Waals surface area contributed by atoms with Gasteiger partial charge in [-0.1, -0.05) is 12.1 Å². The third-order valence-electron chi connectivity index (χ3n) is 2.46. The molecule has 3 N–H and O–H groups in total. The van der Waals surface area contributed by atoms with Crippen molar-refractivity contribution in [2.24, 2.45) is 5.92 Å². The van der Waals surface area contributed by atoms with Crippen LogP contribution in [0.1, 0.15) is 19.8 Å². The molecule has 8 heteroatoms. The quantitative estimate of drug-likeness (QED) is 0.579. The lowest BCUT2D eigenvalue weighted by Gasteiger charge is -2.11. The number of carbonyl (C=O) groups excluding carboxylic acids is 1. The maximum absolute atomic E-state index is 11.4. The molecule has 2 amide bonds. The van der Waals surface area contributed by atoms with Gasteiger partial charge in [0.15, 0.2) is 0 Å². The van der Waals surface area contributed by atoms with E-state index in [2.05, 4.69) is 20.9 Å². The summed E-state index contributed by atoms with van der Waals surface area (Å²) in [5, 5.41) is 21.4. The van der Waals surface area contributed by atoms with E-state index in [1.807, 2.05) is 0 Å². The van der Waals surface area contributed by atoms with Crippen LogP contribution in [0.2, 0.25) is 0 Å². The Bertz CT molecular complexity index is 393. The number of aryl methyl sites for hydroxylation is 1. The van der Waals surface area contributed by atoms with Crippen molar-refractivity contribution in [3.05, 3.63) is 12.4 Å². The molecule has 0 fully saturated rings. The van der Waals surface area contributed by atoms with Crippen LogP contribution in [0.25, 0.3) is 0 Å². The van der Waals surface area contributed by atoms with Gasteiger partial charge in [0, 0.05) is 32.3 Å². The summed E-state index contributed by atoms with van der Waals surface area (Å²) in [7, 11) is 0. The van der Waals surface area contributed by atoms with Gasteiger partial charge in [-0.2, -0.15) is 0 Å². The number of carboxylic acids is 1. The van der Waals surface area contributed by atoms with Crippen LogP contribution < -0.4 is 10.6 Å². The monoisotopic (exact) mass is 269 g/mol. The SMILES string of the molecule is CC(CNC(=O)NCCCn1ccnn1)CC(=O)O. The van der Waals surface area contributed by atoms with Crippen LogP contribution in [0, 0.1) is 5.92 Å². The minimum Gasteiger partial charge on any atom is -0.481 e. The fourth-order valence-electron chi connectivity index (χ4n) is 1.49. The number of urea groups is 1. The van der Waals surface area contributed by atoms with Crippen LogP contribution in [-0.2, 0) is 11.3 Å². The predicted octanol–water partition coefficient (Wildman–Crippen LogP) is 0.0782. The molecule has 0 bridgehead atoms. The van der Waals surface area contributed by atoms with E-state index >= 15 is 0 Å². The first kappa shape index (κ1) is 14.9. The second-order valence-electron chi connectivity index (χ2n) is 4.36. The van der Waals surface area contributed by atoms with E-state index in [1.54, 1.807) is 24.0 Å². The molecule has 0 radical (unpaired) electrons. The molecule has 0 saturated heterocycles. The Kier molecular flexibility index (Phi) is 6.34. The number of carbonyl (C=O) groups is 2. The highest BCUT2D eigenvalue weighted by atomic mass is 16.4. The van der Waals surface area contributed by atoms with Crippen LogP contribution in [0.3, 0.4) is 0 Å². The summed E-state index contributed by atoms with van der Waals surface area (Å²) >= 11 is 0. The fourth-order valence-corrected chi connectivity index (χ4v) is 1.49. The van der Waals surface area contributed by atoms with Gasteiger partial charge >= 0.3 is 12.0 Å². The minimum atomic E-state index is -0.859. The first-order chi connectivity index (χ1) is 9.08. The fraction of sp³-hybridized carbons (Fsp3) is 0.636. The highest BCUT2D eigenvalue weighted by Gasteiger charge is 2.08. The van der Waals surface area contributed by atoms with Gasteiger partial charge in [0.25, 0.3) is 0 Å². The van der Waals surface area contributed by atoms with E-state index in [0.29, 0.717) is 19.6 Å². The van der Waals surface area contributed by atoms with Crippen molar-refractivity contribution in [1.29, 1.82) is 0 Å². The molecule has 0 aromatic carbocycles. The van der Waals surface area contributed by atoms with E-state index in [0.717, 1.165) is 6.42 Å². The zero-order chi connectivity index (χ0) is 14.1. The van der Waals surface area contributed by atoms with Gasteiger partial charge in [0.1, 0.15) is 0 Å². The lowest BCUT2D eigenvalue weighted by atomic mass is 10.1. The molecule has 0 aliphatic heterocycles. The van der Waals surface area contributed by atoms with Crippen LogP contribution in [0.15, 0.2) is 12.4 Å². The van der Waals surface area contributed by atoms with E-state index < -0.39 is 5.97 Å². The van der Waals surface area contributed by atoms with Gasteiger partial charge in [-0.15, -0.1) is 5.10 Å². The summed E-state index contributed by atoms with van der Waals surface area (Å²) in [6.07, 6.45) is 4.16. The molecule has 0 aliphatic rings. The highest BCUT2D eigenvalue weighted by Crippen LogP contribution is 1.98. The first-order valence-electron chi connectivity index (χ1n) is 6.15. The molecule has 0 spiro atoms. The summed E-state index contributed by atoms with van der Waals surface area (Å²) in [5.74, 6) is -0.944. The number of carboxylic acid groups (broad SMARTS) is 1. The zero-order valence-electron chi connectivity index (χ0n) is 10.9. The Balaban J connectivity index is 2.03. The number of amides is 2. The third kappa shape index (κ3) is 7.02. The molecule has 1 heterocycles. The van der Waals surface area contributed by atoms with E-state index in [4.69, 9.17) is 5.11 Å². The molecule has 1 aromatic rings. The predicted molar refractivity (Wildman–Crippen MR) is 67.5 cm³/mol. The Labute approximate surface area is 111 Å². The van der Waals surface area contributed by atoms with E-state index in [9.17, 15) is 9.59 Å². The van der Waals surface area contributed by atoms with Crippen LogP contribution >= 0.6 is 0 Å². The maximum atomic E-state index is 11.4. The van der Waals surface area contributed by atoms with Crippen molar-refractivity contribution in [2.75, 3.05) is 13.1 Å². The molecule has 0 aliphatic carbocycles. The largest absolute Gasteiger partial charge is 0.481 e. The van der Waals surface area contributed by atoms with E-state index in [1.165, 1.54) is 0 Å². The van der Waals surface area contributed by atoms with Crippen LogP contribution in [0.4, 0.5) is 4.79 Å². The Morgan fingerprint density at radius 3 is 2.84 bits per heavy atom. The number of rotatable bonds is 8. The molecule has 106 valence electrons. The Morgan fingerprint density at radius 2 is 2.21 bits per heavy atom. The summed E-state index contributed by atoms with van der Waals surface area (Å²) in [5.41, 5.74) is 0. The number of hydrogen-bond donors (Lipinski definition) is 3. The number of aliphatic carboxylic acids is 1. The summed E-state index contributed by atoms with van der Waals surface area (Å²) in [4.78, 5) is 21.8. The smallest absolute Gasteiger partial charge is 0.314 e. The topological polar surface area (TPSA) is 109 Å². The molecular formula is C11H19N5O3. The van der Waals surface area contributed by atoms with Crippen molar-refractivity contribution >= 4 is 12.0 Å². The Hall–Kier alpha value is -2.12. The molecule has 8 nitrogen and oxygen atoms in total. The van der Waals surface area contributed by atoms with Gasteiger partial charge in [0.05, 0.1) is 6.20 Å². The molecule has 19 heavy (non-hydrogen) atoms. The van der Waals surface area contributed by atoms with Gasteiger partial charge in [-0.3, -0.25) is 9.48 Å². The third-order valence-corrected chi connectivity index (χ3v) is 2.46. The number of hydrogen-bond acceptors (Lipinski definition) is 4. The Morgan fingerprint density at radius 1 is 1.42 bits per heavy atom. The van der Waals surface area contributed by atoms with Gasteiger partial charge in [-0.05, 0) is 12.3 Å². The molecule has 1 atom stereocenters. The number of nitrogens with zero attached hydrogens (tertiary/aromatic N) is 3. The van der Waals surface area contributed by atoms with Crippen molar-refractivity contribution in [2.45, 2.75) is 26.3 Å².